The van der Waals surface area contributed by atoms with Gasteiger partial charge in [0.05, 0.1) is 12.2 Å². The Morgan fingerprint density at radius 3 is 2.40 bits per heavy atom. The van der Waals surface area contributed by atoms with Crippen LogP contribution in [0.4, 0.5) is 10.5 Å². The maximum Gasteiger partial charge on any atom is 0.411 e. The van der Waals surface area contributed by atoms with Gasteiger partial charge in [0.15, 0.2) is 11.6 Å². The Morgan fingerprint density at radius 2 is 1.69 bits per heavy atom. The number of likely N-dealkylation sites (tertiary alicyclic amines) is 1. The summed E-state index contributed by atoms with van der Waals surface area (Å²) in [5, 5.41) is 3.20. The molecule has 184 valence electrons. The summed E-state index contributed by atoms with van der Waals surface area (Å²) in [6.45, 7) is 6.42. The molecule has 4 rings (SSSR count). The van der Waals surface area contributed by atoms with Crippen LogP contribution in [0.25, 0.3) is 0 Å². The number of esters is 1. The number of rotatable bonds is 6. The number of carbonyl (C=O) groups is 4. The van der Waals surface area contributed by atoms with Crippen molar-refractivity contribution in [3.63, 3.8) is 0 Å². The van der Waals surface area contributed by atoms with Gasteiger partial charge in [-0.1, -0.05) is 36.4 Å². The van der Waals surface area contributed by atoms with Crippen LogP contribution in [0, 0.1) is 0 Å². The minimum absolute atomic E-state index is 0.162. The van der Waals surface area contributed by atoms with E-state index in [1.54, 1.807) is 63.2 Å². The highest BCUT2D eigenvalue weighted by Crippen LogP contribution is 2.32. The Morgan fingerprint density at radius 1 is 1.00 bits per heavy atom. The van der Waals surface area contributed by atoms with Gasteiger partial charge in [-0.25, -0.2) is 9.59 Å². The zero-order valence-corrected chi connectivity index (χ0v) is 20.3. The van der Waals surface area contributed by atoms with E-state index in [0.29, 0.717) is 53.9 Å². The van der Waals surface area contributed by atoms with Gasteiger partial charge in [-0.05, 0) is 46.1 Å². The van der Waals surface area contributed by atoms with E-state index in [9.17, 15) is 19.2 Å². The quantitative estimate of drug-likeness (QED) is 0.418. The topological polar surface area (TPSA) is 102 Å². The Kier molecular flexibility index (Phi) is 6.91. The van der Waals surface area contributed by atoms with E-state index in [0.717, 1.165) is 6.42 Å². The fourth-order valence-electron chi connectivity index (χ4n) is 4.41. The molecule has 1 atom stereocenters. The third kappa shape index (κ3) is 5.21. The van der Waals surface area contributed by atoms with Crippen LogP contribution in [0.1, 0.15) is 71.9 Å². The first-order valence-corrected chi connectivity index (χ1v) is 11.9. The van der Waals surface area contributed by atoms with Crippen molar-refractivity contribution >= 4 is 29.3 Å². The molecule has 0 bridgehead atoms. The second kappa shape index (κ2) is 9.90. The summed E-state index contributed by atoms with van der Waals surface area (Å²) < 4.78 is 10.8. The lowest BCUT2D eigenvalue weighted by molar-refractivity contribution is -0.148. The highest BCUT2D eigenvalue weighted by molar-refractivity contribution is 6.30. The van der Waals surface area contributed by atoms with Gasteiger partial charge in [-0.2, -0.15) is 0 Å². The van der Waals surface area contributed by atoms with Gasteiger partial charge in [-0.3, -0.25) is 14.5 Å². The van der Waals surface area contributed by atoms with Crippen LogP contribution in [0.2, 0.25) is 0 Å². The van der Waals surface area contributed by atoms with Crippen LogP contribution in [0.15, 0.2) is 42.5 Å². The van der Waals surface area contributed by atoms with E-state index in [4.69, 9.17) is 9.47 Å². The average Bonchev–Trinajstić information content (AvgIpc) is 3.31. The molecule has 0 aromatic heterocycles. The molecule has 35 heavy (non-hydrogen) atoms. The molecule has 1 saturated heterocycles. The lowest BCUT2D eigenvalue weighted by Crippen LogP contribution is -2.44. The molecule has 1 heterocycles. The molecule has 2 aromatic rings. The molecule has 0 saturated carbocycles. The van der Waals surface area contributed by atoms with Gasteiger partial charge < -0.3 is 14.8 Å². The third-order valence-electron chi connectivity index (χ3n) is 5.99. The molecule has 1 aliphatic carbocycles. The van der Waals surface area contributed by atoms with Crippen LogP contribution >= 0.6 is 0 Å². The molecule has 1 aliphatic heterocycles. The Balaban J connectivity index is 1.31. The summed E-state index contributed by atoms with van der Waals surface area (Å²) in [6.07, 6.45) is 1.25. The Hall–Kier alpha value is -3.68. The van der Waals surface area contributed by atoms with Crippen molar-refractivity contribution < 1.29 is 28.7 Å². The normalized spacial score (nSPS) is 17.0. The predicted molar refractivity (Wildman–Crippen MR) is 130 cm³/mol. The molecule has 0 unspecified atom stereocenters. The second-order valence-corrected chi connectivity index (χ2v) is 9.71. The summed E-state index contributed by atoms with van der Waals surface area (Å²) >= 11 is 0. The first-order valence-electron chi connectivity index (χ1n) is 11.9. The zero-order chi connectivity index (χ0) is 25.2. The fourth-order valence-corrected chi connectivity index (χ4v) is 4.41. The third-order valence-corrected chi connectivity index (χ3v) is 5.99. The van der Waals surface area contributed by atoms with Crippen LogP contribution in [-0.2, 0) is 14.3 Å². The summed E-state index contributed by atoms with van der Waals surface area (Å²) in [5.74, 6) is -0.796. The van der Waals surface area contributed by atoms with E-state index in [2.05, 4.69) is 5.32 Å². The van der Waals surface area contributed by atoms with Crippen molar-refractivity contribution in [3.05, 3.63) is 64.7 Å². The van der Waals surface area contributed by atoms with Crippen molar-refractivity contribution in [3.8, 4) is 0 Å². The van der Waals surface area contributed by atoms with Crippen molar-refractivity contribution in [1.82, 2.24) is 4.90 Å². The predicted octanol–water partition coefficient (Wildman–Crippen LogP) is 4.21. The van der Waals surface area contributed by atoms with Crippen LogP contribution in [-0.4, -0.2) is 59.9 Å². The van der Waals surface area contributed by atoms with Crippen molar-refractivity contribution in [2.45, 2.75) is 51.7 Å². The number of amides is 1. The molecule has 1 N–H and O–H groups in total. The van der Waals surface area contributed by atoms with E-state index < -0.39 is 23.7 Å². The molecule has 1 amide bonds. The van der Waals surface area contributed by atoms with E-state index >= 15 is 0 Å². The van der Waals surface area contributed by atoms with Gasteiger partial charge in [-0.15, -0.1) is 0 Å². The molecular formula is C27H30N2O6. The monoisotopic (exact) mass is 478 g/mol. The average molecular weight is 479 g/mol. The minimum Gasteiger partial charge on any atom is -0.464 e. The number of ketones is 2. The number of fused-ring (bicyclic) bond motifs is 2. The zero-order valence-electron chi connectivity index (χ0n) is 20.3. The lowest BCUT2D eigenvalue weighted by Gasteiger charge is -2.27. The van der Waals surface area contributed by atoms with Gasteiger partial charge in [0, 0.05) is 35.5 Å². The molecule has 8 heteroatoms. The Bertz CT molecular complexity index is 1170. The second-order valence-electron chi connectivity index (χ2n) is 9.71. The summed E-state index contributed by atoms with van der Waals surface area (Å²) in [5.41, 5.74) is 1.51. The van der Waals surface area contributed by atoms with Gasteiger partial charge in [0.2, 0.25) is 0 Å². The van der Waals surface area contributed by atoms with Crippen LogP contribution < -0.4 is 5.32 Å². The molecule has 1 fully saturated rings. The van der Waals surface area contributed by atoms with Crippen LogP contribution in [0.5, 0.6) is 0 Å². The molecule has 2 aromatic carbocycles. The summed E-state index contributed by atoms with van der Waals surface area (Å²) in [7, 11) is 0. The van der Waals surface area contributed by atoms with Gasteiger partial charge in [0.25, 0.3) is 0 Å². The maximum absolute atomic E-state index is 13.1. The van der Waals surface area contributed by atoms with Crippen molar-refractivity contribution in [2.24, 2.45) is 0 Å². The molecule has 0 spiro atoms. The number of hydrogen-bond acceptors (Lipinski definition) is 7. The SMILES string of the molecule is CC(C)(C)OC(=O)N1CCC[C@@H]1C(=O)OCCCNc1cccc2c1C(=O)c1ccccc1C2=O. The highest BCUT2D eigenvalue weighted by atomic mass is 16.6. The van der Waals surface area contributed by atoms with E-state index in [-0.39, 0.29) is 18.2 Å². The van der Waals surface area contributed by atoms with E-state index in [1.807, 2.05) is 0 Å². The number of hydrogen-bond donors (Lipinski definition) is 1. The first-order chi connectivity index (χ1) is 16.7. The molecule has 0 radical (unpaired) electrons. The van der Waals surface area contributed by atoms with Crippen LogP contribution in [0.3, 0.4) is 0 Å². The number of nitrogens with zero attached hydrogens (tertiary/aromatic N) is 1. The molecular weight excluding hydrogens is 448 g/mol. The Labute approximate surface area is 204 Å². The maximum atomic E-state index is 13.1. The van der Waals surface area contributed by atoms with E-state index in [1.165, 1.54) is 4.90 Å². The summed E-state index contributed by atoms with van der Waals surface area (Å²) in [4.78, 5) is 52.3. The number of anilines is 1. The minimum atomic E-state index is -0.636. The van der Waals surface area contributed by atoms with Crippen molar-refractivity contribution in [1.29, 1.82) is 0 Å². The largest absolute Gasteiger partial charge is 0.464 e. The number of benzene rings is 2. The fraction of sp³-hybridized carbons (Fsp3) is 0.407. The number of carbonyl (C=O) groups excluding carboxylic acids is 4. The first kappa shape index (κ1) is 24.4. The molecule has 8 nitrogen and oxygen atoms in total. The smallest absolute Gasteiger partial charge is 0.411 e. The lowest BCUT2D eigenvalue weighted by atomic mass is 9.83. The van der Waals surface area contributed by atoms with Gasteiger partial charge >= 0.3 is 12.1 Å². The molecule has 2 aliphatic rings. The highest BCUT2D eigenvalue weighted by Gasteiger charge is 2.37. The van der Waals surface area contributed by atoms with Gasteiger partial charge in [0.1, 0.15) is 11.6 Å². The number of ether oxygens (including phenoxy) is 2. The standard InChI is InChI=1S/C27H30N2O6/c1-27(2,3)35-26(33)29-15-7-13-21(29)25(32)34-16-8-14-28-20-12-6-11-19-22(20)24(31)18-10-5-4-9-17(18)23(19)30/h4-6,9-12,21,28H,7-8,13-16H2,1-3H3/t21-/m1/s1. The van der Waals surface area contributed by atoms with Crippen molar-refractivity contribution in [2.75, 3.05) is 25.0 Å². The number of nitrogens with one attached hydrogen (secondary N) is 1. The summed E-state index contributed by atoms with van der Waals surface area (Å²) in [6, 6.07) is 11.4.